The second-order valence-electron chi connectivity index (χ2n) is 8.74. The minimum atomic E-state index is -0.631. The summed E-state index contributed by atoms with van der Waals surface area (Å²) in [5, 5.41) is 10.1. The van der Waals surface area contributed by atoms with Gasteiger partial charge in [0.1, 0.15) is 16.9 Å². The molecule has 9 heteroatoms. The minimum absolute atomic E-state index is 0.0338. The highest BCUT2D eigenvalue weighted by Crippen LogP contribution is 2.19. The Balaban J connectivity index is 1.34. The van der Waals surface area contributed by atoms with Gasteiger partial charge in [-0.05, 0) is 44.9 Å². The number of carbonyl (C=O) groups is 2. The molecule has 9 nitrogen and oxygen atoms in total. The number of nitrogens with one attached hydrogen (secondary N) is 2. The van der Waals surface area contributed by atoms with Crippen LogP contribution in [-0.4, -0.2) is 51.1 Å². The van der Waals surface area contributed by atoms with E-state index in [0.29, 0.717) is 36.4 Å². The molecule has 0 bridgehead atoms. The number of pyridine rings is 1. The summed E-state index contributed by atoms with van der Waals surface area (Å²) in [7, 11) is 0. The van der Waals surface area contributed by atoms with Crippen LogP contribution >= 0.6 is 0 Å². The summed E-state index contributed by atoms with van der Waals surface area (Å²) in [4.78, 5) is 29.4. The Kier molecular flexibility index (Phi) is 6.20. The van der Waals surface area contributed by atoms with Crippen LogP contribution in [0.25, 0.3) is 11.0 Å². The molecular formula is C23H27N5O4. The van der Waals surface area contributed by atoms with Gasteiger partial charge in [-0.2, -0.15) is 9.78 Å². The highest BCUT2D eigenvalue weighted by molar-refractivity contribution is 5.95. The molecule has 32 heavy (non-hydrogen) atoms. The first-order valence-corrected chi connectivity index (χ1v) is 10.6. The van der Waals surface area contributed by atoms with Gasteiger partial charge < -0.3 is 20.1 Å². The lowest BCUT2D eigenvalue weighted by molar-refractivity contribution is -0.118. The smallest absolute Gasteiger partial charge is 0.435 e. The normalized spacial score (nSPS) is 18.6. The van der Waals surface area contributed by atoms with Crippen LogP contribution in [0.4, 0.5) is 10.6 Å². The van der Waals surface area contributed by atoms with Crippen LogP contribution in [0.1, 0.15) is 32.8 Å². The number of aromatic nitrogens is 3. The lowest BCUT2D eigenvalue weighted by atomic mass is 10.2. The first-order chi connectivity index (χ1) is 15.3. The van der Waals surface area contributed by atoms with Crippen LogP contribution in [0.3, 0.4) is 0 Å². The lowest BCUT2D eigenvalue weighted by Gasteiger charge is -2.19. The van der Waals surface area contributed by atoms with Crippen molar-refractivity contribution >= 4 is 28.9 Å². The fourth-order valence-corrected chi connectivity index (χ4v) is 3.47. The zero-order valence-corrected chi connectivity index (χ0v) is 18.4. The fraction of sp³-hybridized carbons (Fsp3) is 0.391. The molecule has 0 spiro atoms. The topological polar surface area (TPSA) is 107 Å². The van der Waals surface area contributed by atoms with Gasteiger partial charge in [-0.15, -0.1) is 0 Å². The second-order valence-corrected chi connectivity index (χ2v) is 8.74. The van der Waals surface area contributed by atoms with Crippen molar-refractivity contribution in [3.05, 3.63) is 54.2 Å². The number of anilines is 1. The molecule has 0 radical (unpaired) electrons. The monoisotopic (exact) mass is 437 g/mol. The molecule has 1 saturated heterocycles. The summed E-state index contributed by atoms with van der Waals surface area (Å²) in [5.41, 5.74) is 1.46. The van der Waals surface area contributed by atoms with Gasteiger partial charge in [-0.1, -0.05) is 30.3 Å². The SMILES string of the molecule is CC(C)(C)OC(=O)n1ncc2nc(NC(=O)C3C[C@H](OCc4ccccc4)CN3)ccc21. The zero-order valence-electron chi connectivity index (χ0n) is 18.4. The first kappa shape index (κ1) is 21.9. The summed E-state index contributed by atoms with van der Waals surface area (Å²) in [6.45, 7) is 6.49. The van der Waals surface area contributed by atoms with Crippen molar-refractivity contribution in [1.82, 2.24) is 20.1 Å². The third-order valence-electron chi connectivity index (χ3n) is 4.98. The van der Waals surface area contributed by atoms with Crippen LogP contribution in [0.15, 0.2) is 48.7 Å². The molecular weight excluding hydrogens is 410 g/mol. The van der Waals surface area contributed by atoms with E-state index < -0.39 is 11.7 Å². The van der Waals surface area contributed by atoms with Crippen LogP contribution in [0.5, 0.6) is 0 Å². The second kappa shape index (κ2) is 9.05. The summed E-state index contributed by atoms with van der Waals surface area (Å²) in [6.07, 6.45) is 1.43. The third kappa shape index (κ3) is 5.30. The quantitative estimate of drug-likeness (QED) is 0.631. The Labute approximate surface area is 186 Å². The Morgan fingerprint density at radius 1 is 1.19 bits per heavy atom. The van der Waals surface area contributed by atoms with Crippen molar-refractivity contribution in [1.29, 1.82) is 0 Å². The molecule has 1 fully saturated rings. The third-order valence-corrected chi connectivity index (χ3v) is 4.98. The molecule has 2 N–H and O–H groups in total. The largest absolute Gasteiger partial charge is 0.442 e. The number of hydrogen-bond donors (Lipinski definition) is 2. The first-order valence-electron chi connectivity index (χ1n) is 10.6. The molecule has 2 atom stereocenters. The van der Waals surface area contributed by atoms with Gasteiger partial charge in [-0.3, -0.25) is 4.79 Å². The number of hydrogen-bond acceptors (Lipinski definition) is 7. The lowest BCUT2D eigenvalue weighted by Crippen LogP contribution is -2.35. The van der Waals surface area contributed by atoms with Gasteiger partial charge >= 0.3 is 6.09 Å². The van der Waals surface area contributed by atoms with E-state index in [1.54, 1.807) is 32.9 Å². The molecule has 1 aromatic carbocycles. The zero-order chi connectivity index (χ0) is 22.7. The summed E-state index contributed by atoms with van der Waals surface area (Å²) in [5.74, 6) is 0.212. The molecule has 1 aliphatic rings. The van der Waals surface area contributed by atoms with E-state index in [9.17, 15) is 9.59 Å². The maximum atomic E-state index is 12.7. The number of benzene rings is 1. The van der Waals surface area contributed by atoms with E-state index in [0.717, 1.165) is 10.2 Å². The average molecular weight is 438 g/mol. The fourth-order valence-electron chi connectivity index (χ4n) is 3.47. The maximum Gasteiger partial charge on any atom is 0.435 e. The number of ether oxygens (including phenoxy) is 2. The van der Waals surface area contributed by atoms with Crippen molar-refractivity contribution in [2.45, 2.75) is 51.5 Å². The number of amides is 1. The Bertz CT molecular complexity index is 1110. The molecule has 1 amide bonds. The Morgan fingerprint density at radius 3 is 2.72 bits per heavy atom. The number of carbonyl (C=O) groups excluding carboxylic acids is 2. The van der Waals surface area contributed by atoms with Crippen molar-refractivity contribution in [3.63, 3.8) is 0 Å². The van der Waals surface area contributed by atoms with Crippen molar-refractivity contribution in [2.24, 2.45) is 0 Å². The van der Waals surface area contributed by atoms with Crippen molar-refractivity contribution in [2.75, 3.05) is 11.9 Å². The molecule has 4 rings (SSSR count). The summed E-state index contributed by atoms with van der Waals surface area (Å²) in [6, 6.07) is 12.9. The van der Waals surface area contributed by atoms with Crippen LogP contribution in [-0.2, 0) is 20.9 Å². The maximum absolute atomic E-state index is 12.7. The van der Waals surface area contributed by atoms with Crippen molar-refractivity contribution < 1.29 is 19.1 Å². The summed E-state index contributed by atoms with van der Waals surface area (Å²) >= 11 is 0. The standard InChI is InChI=1S/C23H27N5O4/c1-23(2,3)32-22(30)28-19-9-10-20(26-18(19)13-25-28)27-21(29)17-11-16(12-24-17)31-14-15-7-5-4-6-8-15/h4-10,13,16-17,24H,11-12,14H2,1-3H3,(H,26,27,29)/t16-,17?/m0/s1. The van der Waals surface area contributed by atoms with E-state index >= 15 is 0 Å². The van der Waals surface area contributed by atoms with E-state index in [1.165, 1.54) is 6.20 Å². The van der Waals surface area contributed by atoms with Crippen LogP contribution in [0, 0.1) is 0 Å². The van der Waals surface area contributed by atoms with Gasteiger partial charge in [0.15, 0.2) is 0 Å². The van der Waals surface area contributed by atoms with Crippen LogP contribution in [0.2, 0.25) is 0 Å². The van der Waals surface area contributed by atoms with E-state index in [-0.39, 0.29) is 18.1 Å². The number of fused-ring (bicyclic) bond motifs is 1. The molecule has 0 saturated carbocycles. The van der Waals surface area contributed by atoms with Gasteiger partial charge in [0.05, 0.1) is 30.5 Å². The molecule has 1 unspecified atom stereocenters. The minimum Gasteiger partial charge on any atom is -0.442 e. The van der Waals surface area contributed by atoms with E-state index in [4.69, 9.17) is 9.47 Å². The molecule has 3 aromatic rings. The van der Waals surface area contributed by atoms with Gasteiger partial charge in [0, 0.05) is 6.54 Å². The predicted molar refractivity (Wildman–Crippen MR) is 119 cm³/mol. The molecule has 2 aromatic heterocycles. The van der Waals surface area contributed by atoms with Gasteiger partial charge in [0.2, 0.25) is 5.91 Å². The van der Waals surface area contributed by atoms with E-state index in [2.05, 4.69) is 20.7 Å². The molecule has 1 aliphatic heterocycles. The number of nitrogens with zero attached hydrogens (tertiary/aromatic N) is 3. The Hall–Kier alpha value is -3.30. The highest BCUT2D eigenvalue weighted by Gasteiger charge is 2.30. The van der Waals surface area contributed by atoms with Gasteiger partial charge in [-0.25, -0.2) is 9.78 Å². The average Bonchev–Trinajstić information content (AvgIpc) is 3.39. The predicted octanol–water partition coefficient (Wildman–Crippen LogP) is 3.10. The highest BCUT2D eigenvalue weighted by atomic mass is 16.6. The Morgan fingerprint density at radius 2 is 1.97 bits per heavy atom. The molecule has 168 valence electrons. The van der Waals surface area contributed by atoms with Crippen LogP contribution < -0.4 is 10.6 Å². The molecule has 3 heterocycles. The van der Waals surface area contributed by atoms with Crippen molar-refractivity contribution in [3.8, 4) is 0 Å². The number of rotatable bonds is 5. The van der Waals surface area contributed by atoms with Gasteiger partial charge in [0.25, 0.3) is 0 Å². The molecule has 0 aliphatic carbocycles. The summed E-state index contributed by atoms with van der Waals surface area (Å²) < 4.78 is 12.4. The van der Waals surface area contributed by atoms with E-state index in [1.807, 2.05) is 30.3 Å².